The molecular weight excluding hydrogens is 326 g/mol. The quantitative estimate of drug-likeness (QED) is 0.805. The van der Waals surface area contributed by atoms with Crippen LogP contribution < -0.4 is 10.1 Å². The second kappa shape index (κ2) is 7.62. The summed E-state index contributed by atoms with van der Waals surface area (Å²) in [6.45, 7) is 7.83. The molecule has 0 aliphatic carbocycles. The molecule has 0 aliphatic heterocycles. The molecule has 2 nitrogen and oxygen atoms in total. The molecule has 1 atom stereocenters. The zero-order chi connectivity index (χ0) is 15.2. The van der Waals surface area contributed by atoms with Gasteiger partial charge in [0.2, 0.25) is 0 Å². The van der Waals surface area contributed by atoms with E-state index in [1.165, 1.54) is 16.7 Å². The number of benzene rings is 2. The fourth-order valence-corrected chi connectivity index (χ4v) is 2.96. The average molecular weight is 348 g/mol. The third-order valence-corrected chi connectivity index (χ3v) is 4.10. The van der Waals surface area contributed by atoms with Crippen LogP contribution >= 0.6 is 15.9 Å². The van der Waals surface area contributed by atoms with E-state index in [0.29, 0.717) is 6.61 Å². The molecule has 0 spiro atoms. The molecule has 3 heteroatoms. The van der Waals surface area contributed by atoms with Gasteiger partial charge in [-0.1, -0.05) is 58.7 Å². The lowest BCUT2D eigenvalue weighted by atomic mass is 9.97. The molecule has 21 heavy (non-hydrogen) atoms. The molecule has 0 aliphatic rings. The van der Waals surface area contributed by atoms with Crippen molar-refractivity contribution in [3.63, 3.8) is 0 Å². The van der Waals surface area contributed by atoms with Gasteiger partial charge >= 0.3 is 0 Å². The maximum atomic E-state index is 5.55. The van der Waals surface area contributed by atoms with Crippen LogP contribution in [0.4, 0.5) is 0 Å². The van der Waals surface area contributed by atoms with Gasteiger partial charge in [-0.25, -0.2) is 0 Å². The Morgan fingerprint density at radius 2 is 1.81 bits per heavy atom. The number of halogens is 1. The molecule has 112 valence electrons. The third-order valence-electron chi connectivity index (χ3n) is 3.41. The van der Waals surface area contributed by atoms with Crippen molar-refractivity contribution in [2.24, 2.45) is 0 Å². The van der Waals surface area contributed by atoms with Gasteiger partial charge in [0, 0.05) is 4.47 Å². The normalized spacial score (nSPS) is 12.2. The van der Waals surface area contributed by atoms with Crippen LogP contribution in [0, 0.1) is 6.92 Å². The summed E-state index contributed by atoms with van der Waals surface area (Å²) in [5.74, 6) is 0.896. The van der Waals surface area contributed by atoms with Gasteiger partial charge in [0.05, 0.1) is 12.6 Å². The van der Waals surface area contributed by atoms with Crippen LogP contribution in [0.25, 0.3) is 0 Å². The zero-order valence-electron chi connectivity index (χ0n) is 12.8. The van der Waals surface area contributed by atoms with Gasteiger partial charge in [0.15, 0.2) is 0 Å². The number of hydrogen-bond donors (Lipinski definition) is 1. The van der Waals surface area contributed by atoms with Crippen molar-refractivity contribution in [2.75, 3.05) is 13.2 Å². The number of rotatable bonds is 6. The third kappa shape index (κ3) is 4.08. The zero-order valence-corrected chi connectivity index (χ0v) is 14.4. The fraction of sp³-hybridized carbons (Fsp3) is 0.333. The molecule has 0 saturated heterocycles. The van der Waals surface area contributed by atoms with E-state index < -0.39 is 0 Å². The maximum Gasteiger partial charge on any atom is 0.120 e. The Morgan fingerprint density at radius 1 is 1.10 bits per heavy atom. The monoisotopic (exact) mass is 347 g/mol. The van der Waals surface area contributed by atoms with E-state index in [-0.39, 0.29) is 6.04 Å². The van der Waals surface area contributed by atoms with E-state index in [4.69, 9.17) is 4.74 Å². The van der Waals surface area contributed by atoms with Crippen LogP contribution in [0.3, 0.4) is 0 Å². The molecule has 2 aromatic carbocycles. The molecule has 1 unspecified atom stereocenters. The summed E-state index contributed by atoms with van der Waals surface area (Å²) in [5.41, 5.74) is 3.77. The standard InChI is InChI=1S/C18H22BrNO/c1-4-20-18(14-8-6-13(3)7-9-14)16-11-10-15(21-5-2)12-17(16)19/h6-12,18,20H,4-5H2,1-3H3. The summed E-state index contributed by atoms with van der Waals surface area (Å²) in [7, 11) is 0. The molecular formula is C18H22BrNO. The van der Waals surface area contributed by atoms with E-state index in [0.717, 1.165) is 16.8 Å². The second-order valence-electron chi connectivity index (χ2n) is 5.02. The van der Waals surface area contributed by atoms with Crippen molar-refractivity contribution in [3.05, 3.63) is 63.6 Å². The van der Waals surface area contributed by atoms with E-state index >= 15 is 0 Å². The van der Waals surface area contributed by atoms with Gasteiger partial charge in [0.25, 0.3) is 0 Å². The summed E-state index contributed by atoms with van der Waals surface area (Å²) >= 11 is 3.68. The Labute approximate surface area is 135 Å². The first-order valence-electron chi connectivity index (χ1n) is 7.37. The smallest absolute Gasteiger partial charge is 0.120 e. The van der Waals surface area contributed by atoms with Crippen molar-refractivity contribution in [3.8, 4) is 5.75 Å². The molecule has 0 amide bonds. The Morgan fingerprint density at radius 3 is 2.38 bits per heavy atom. The highest BCUT2D eigenvalue weighted by Gasteiger charge is 2.16. The van der Waals surface area contributed by atoms with Crippen LogP contribution in [0.2, 0.25) is 0 Å². The van der Waals surface area contributed by atoms with Crippen LogP contribution in [0.15, 0.2) is 46.9 Å². The minimum atomic E-state index is 0.181. The fourth-order valence-electron chi connectivity index (χ4n) is 2.37. The molecule has 2 aromatic rings. The van der Waals surface area contributed by atoms with Crippen LogP contribution in [0.5, 0.6) is 5.75 Å². The van der Waals surface area contributed by atoms with E-state index in [9.17, 15) is 0 Å². The summed E-state index contributed by atoms with van der Waals surface area (Å²) in [6, 6.07) is 15.1. The predicted molar refractivity (Wildman–Crippen MR) is 92.0 cm³/mol. The first-order chi connectivity index (χ1) is 10.2. The Kier molecular flexibility index (Phi) is 5.83. The SMILES string of the molecule is CCNC(c1ccc(C)cc1)c1ccc(OCC)cc1Br. The van der Waals surface area contributed by atoms with E-state index in [2.05, 4.69) is 65.4 Å². The number of aryl methyl sites for hydroxylation is 1. The summed E-state index contributed by atoms with van der Waals surface area (Å²) in [6.07, 6.45) is 0. The minimum absolute atomic E-state index is 0.181. The molecule has 2 rings (SSSR count). The van der Waals surface area contributed by atoms with Gasteiger partial charge in [0.1, 0.15) is 5.75 Å². The van der Waals surface area contributed by atoms with Gasteiger partial charge < -0.3 is 10.1 Å². The van der Waals surface area contributed by atoms with Gasteiger partial charge in [-0.05, 0) is 43.7 Å². The lowest BCUT2D eigenvalue weighted by molar-refractivity contribution is 0.340. The van der Waals surface area contributed by atoms with Crippen molar-refractivity contribution in [2.45, 2.75) is 26.8 Å². The van der Waals surface area contributed by atoms with E-state index in [1.807, 2.05) is 19.1 Å². The first-order valence-corrected chi connectivity index (χ1v) is 8.17. The number of ether oxygens (including phenoxy) is 1. The Bertz CT molecular complexity index is 580. The highest BCUT2D eigenvalue weighted by molar-refractivity contribution is 9.10. The van der Waals surface area contributed by atoms with Crippen molar-refractivity contribution in [1.82, 2.24) is 5.32 Å². The lowest BCUT2D eigenvalue weighted by Gasteiger charge is -2.21. The van der Waals surface area contributed by atoms with Gasteiger partial charge in [-0.2, -0.15) is 0 Å². The lowest BCUT2D eigenvalue weighted by Crippen LogP contribution is -2.22. The van der Waals surface area contributed by atoms with Gasteiger partial charge in [-0.15, -0.1) is 0 Å². The highest BCUT2D eigenvalue weighted by atomic mass is 79.9. The summed E-state index contributed by atoms with van der Waals surface area (Å²) in [4.78, 5) is 0. The highest BCUT2D eigenvalue weighted by Crippen LogP contribution is 2.31. The molecule has 1 N–H and O–H groups in total. The molecule has 0 heterocycles. The maximum absolute atomic E-state index is 5.55. The van der Waals surface area contributed by atoms with Crippen LogP contribution in [-0.4, -0.2) is 13.2 Å². The number of hydrogen-bond acceptors (Lipinski definition) is 2. The van der Waals surface area contributed by atoms with Crippen LogP contribution in [0.1, 0.15) is 36.6 Å². The van der Waals surface area contributed by atoms with Crippen molar-refractivity contribution >= 4 is 15.9 Å². The minimum Gasteiger partial charge on any atom is -0.494 e. The first kappa shape index (κ1) is 16.1. The Balaban J connectivity index is 2.35. The van der Waals surface area contributed by atoms with Crippen molar-refractivity contribution in [1.29, 1.82) is 0 Å². The molecule has 0 fully saturated rings. The molecule has 0 radical (unpaired) electrons. The van der Waals surface area contributed by atoms with E-state index in [1.54, 1.807) is 0 Å². The van der Waals surface area contributed by atoms with Gasteiger partial charge in [-0.3, -0.25) is 0 Å². The summed E-state index contributed by atoms with van der Waals surface area (Å²) in [5, 5.41) is 3.56. The predicted octanol–water partition coefficient (Wildman–Crippen LogP) is 4.86. The topological polar surface area (TPSA) is 21.3 Å². The van der Waals surface area contributed by atoms with Crippen LogP contribution in [-0.2, 0) is 0 Å². The molecule has 0 bridgehead atoms. The summed E-state index contributed by atoms with van der Waals surface area (Å²) < 4.78 is 6.62. The average Bonchev–Trinajstić information content (AvgIpc) is 2.47. The molecule has 0 saturated carbocycles. The largest absolute Gasteiger partial charge is 0.494 e. The second-order valence-corrected chi connectivity index (χ2v) is 5.87. The van der Waals surface area contributed by atoms with Crippen molar-refractivity contribution < 1.29 is 4.74 Å². The molecule has 0 aromatic heterocycles. The Hall–Kier alpha value is -1.32. The number of nitrogens with one attached hydrogen (secondary N) is 1.